The van der Waals surface area contributed by atoms with Gasteiger partial charge in [0, 0.05) is 0 Å². The first-order chi connectivity index (χ1) is 5.48. The maximum Gasteiger partial charge on any atom is 0.267 e. The maximum atomic E-state index is 10.8. The van der Waals surface area contributed by atoms with Crippen LogP contribution in [0.25, 0.3) is 0 Å². The highest BCUT2D eigenvalue weighted by Crippen LogP contribution is 1.97. The molecule has 0 fully saturated rings. The predicted octanol–water partition coefficient (Wildman–Crippen LogP) is 1.71. The zero-order valence-corrected chi connectivity index (χ0v) is 8.65. The molecule has 0 N–H and O–H groups in total. The second-order valence-electron chi connectivity index (χ2n) is 2.74. The van der Waals surface area contributed by atoms with Crippen LogP contribution in [0.1, 0.15) is 27.2 Å². The first-order valence-corrected chi connectivity index (χ1v) is 5.56. The Labute approximate surface area is 74.6 Å². The standard InChI is InChI=1S/C8H16O3S/c1-4-12(9,10)11-7-5-6-8(2)3/h6H,4-5,7H2,1-3H3. The van der Waals surface area contributed by atoms with Gasteiger partial charge in [-0.05, 0) is 27.2 Å². The second-order valence-corrected chi connectivity index (χ2v) is 4.67. The zero-order chi connectivity index (χ0) is 9.61. The molecule has 0 bridgehead atoms. The lowest BCUT2D eigenvalue weighted by Gasteiger charge is -2.00. The summed E-state index contributed by atoms with van der Waals surface area (Å²) in [6.45, 7) is 5.75. The topological polar surface area (TPSA) is 43.4 Å². The summed E-state index contributed by atoms with van der Waals surface area (Å²) in [6, 6.07) is 0. The van der Waals surface area contributed by atoms with Gasteiger partial charge in [0.05, 0.1) is 12.4 Å². The van der Waals surface area contributed by atoms with Crippen LogP contribution in [0.2, 0.25) is 0 Å². The summed E-state index contributed by atoms with van der Waals surface area (Å²) >= 11 is 0. The zero-order valence-electron chi connectivity index (χ0n) is 7.83. The van der Waals surface area contributed by atoms with Crippen LogP contribution in [0.15, 0.2) is 11.6 Å². The van der Waals surface area contributed by atoms with Crippen LogP contribution in [-0.4, -0.2) is 20.8 Å². The van der Waals surface area contributed by atoms with E-state index in [1.54, 1.807) is 6.92 Å². The minimum Gasteiger partial charge on any atom is -0.270 e. The van der Waals surface area contributed by atoms with Crippen molar-refractivity contribution < 1.29 is 12.6 Å². The van der Waals surface area contributed by atoms with E-state index < -0.39 is 10.1 Å². The summed E-state index contributed by atoms with van der Waals surface area (Å²) in [5.41, 5.74) is 1.17. The fraction of sp³-hybridized carbons (Fsp3) is 0.750. The molecule has 0 aliphatic carbocycles. The highest BCUT2D eigenvalue weighted by molar-refractivity contribution is 7.86. The van der Waals surface area contributed by atoms with E-state index >= 15 is 0 Å². The van der Waals surface area contributed by atoms with Crippen molar-refractivity contribution in [1.29, 1.82) is 0 Å². The average Bonchev–Trinajstić information content (AvgIpc) is 1.98. The van der Waals surface area contributed by atoms with Crippen molar-refractivity contribution in [3.8, 4) is 0 Å². The first-order valence-electron chi connectivity index (χ1n) is 3.98. The molecule has 0 heterocycles. The van der Waals surface area contributed by atoms with Gasteiger partial charge in [-0.15, -0.1) is 0 Å². The van der Waals surface area contributed by atoms with Crippen LogP contribution < -0.4 is 0 Å². The van der Waals surface area contributed by atoms with E-state index in [-0.39, 0.29) is 12.4 Å². The Balaban J connectivity index is 3.65. The molecule has 0 aromatic carbocycles. The normalized spacial score (nSPS) is 11.2. The van der Waals surface area contributed by atoms with Crippen LogP contribution in [-0.2, 0) is 14.3 Å². The third-order valence-electron chi connectivity index (χ3n) is 1.29. The molecule has 0 rings (SSSR count). The summed E-state index contributed by atoms with van der Waals surface area (Å²) in [5.74, 6) is 0.0435. The minimum atomic E-state index is -3.25. The van der Waals surface area contributed by atoms with E-state index in [0.717, 1.165) is 0 Å². The predicted molar refractivity (Wildman–Crippen MR) is 49.5 cm³/mol. The average molecular weight is 192 g/mol. The van der Waals surface area contributed by atoms with Gasteiger partial charge in [-0.1, -0.05) is 11.6 Å². The molecular formula is C8H16O3S. The van der Waals surface area contributed by atoms with Crippen molar-refractivity contribution in [2.45, 2.75) is 27.2 Å². The second kappa shape index (κ2) is 5.32. The summed E-state index contributed by atoms with van der Waals surface area (Å²) in [6.07, 6.45) is 2.60. The molecule has 0 amide bonds. The van der Waals surface area contributed by atoms with Gasteiger partial charge in [0.1, 0.15) is 0 Å². The largest absolute Gasteiger partial charge is 0.270 e. The van der Waals surface area contributed by atoms with Crippen LogP contribution in [0.3, 0.4) is 0 Å². The van der Waals surface area contributed by atoms with E-state index in [0.29, 0.717) is 6.42 Å². The Kier molecular flexibility index (Phi) is 5.17. The molecule has 0 unspecified atom stereocenters. The molecule has 72 valence electrons. The lowest BCUT2D eigenvalue weighted by molar-refractivity contribution is 0.325. The molecule has 0 aromatic heterocycles. The van der Waals surface area contributed by atoms with Crippen LogP contribution in [0.4, 0.5) is 0 Å². The smallest absolute Gasteiger partial charge is 0.267 e. The van der Waals surface area contributed by atoms with Crippen molar-refractivity contribution in [1.82, 2.24) is 0 Å². The molecule has 4 heteroatoms. The van der Waals surface area contributed by atoms with Gasteiger partial charge in [-0.2, -0.15) is 8.42 Å². The maximum absolute atomic E-state index is 10.8. The summed E-state index contributed by atoms with van der Waals surface area (Å²) in [4.78, 5) is 0. The van der Waals surface area contributed by atoms with Crippen LogP contribution in [0, 0.1) is 0 Å². The molecule has 0 aromatic rings. The van der Waals surface area contributed by atoms with Gasteiger partial charge < -0.3 is 0 Å². The third kappa shape index (κ3) is 6.37. The van der Waals surface area contributed by atoms with E-state index in [1.165, 1.54) is 5.57 Å². The molecule has 0 atom stereocenters. The van der Waals surface area contributed by atoms with Crippen molar-refractivity contribution in [3.05, 3.63) is 11.6 Å². The van der Waals surface area contributed by atoms with Gasteiger partial charge in [-0.3, -0.25) is 4.18 Å². The molecule has 3 nitrogen and oxygen atoms in total. The lowest BCUT2D eigenvalue weighted by Crippen LogP contribution is -2.08. The first kappa shape index (κ1) is 11.6. The summed E-state index contributed by atoms with van der Waals surface area (Å²) in [7, 11) is -3.25. The van der Waals surface area contributed by atoms with E-state index in [9.17, 15) is 8.42 Å². The molecule has 0 radical (unpaired) electrons. The number of hydrogen-bond acceptors (Lipinski definition) is 3. The SMILES string of the molecule is CCS(=O)(=O)OCCC=C(C)C. The van der Waals surface area contributed by atoms with Crippen molar-refractivity contribution in [2.24, 2.45) is 0 Å². The van der Waals surface area contributed by atoms with Gasteiger partial charge in [0.15, 0.2) is 0 Å². The van der Waals surface area contributed by atoms with E-state index in [2.05, 4.69) is 4.18 Å². The quantitative estimate of drug-likeness (QED) is 0.378. The van der Waals surface area contributed by atoms with Crippen molar-refractivity contribution >= 4 is 10.1 Å². The fourth-order valence-electron chi connectivity index (χ4n) is 0.606. The molecule has 12 heavy (non-hydrogen) atoms. The Morgan fingerprint density at radius 2 is 2.00 bits per heavy atom. The highest BCUT2D eigenvalue weighted by atomic mass is 32.2. The Morgan fingerprint density at radius 3 is 2.42 bits per heavy atom. The monoisotopic (exact) mass is 192 g/mol. The molecule has 0 aliphatic rings. The molecule has 0 saturated carbocycles. The lowest BCUT2D eigenvalue weighted by atomic mass is 10.3. The molecule has 0 saturated heterocycles. The Morgan fingerprint density at radius 1 is 1.42 bits per heavy atom. The molecular weight excluding hydrogens is 176 g/mol. The highest BCUT2D eigenvalue weighted by Gasteiger charge is 2.04. The molecule has 0 aliphatic heterocycles. The van der Waals surface area contributed by atoms with Gasteiger partial charge in [-0.25, -0.2) is 0 Å². The Bertz CT molecular complexity index is 235. The number of hydrogen-bond donors (Lipinski definition) is 0. The third-order valence-corrected chi connectivity index (χ3v) is 2.52. The van der Waals surface area contributed by atoms with Crippen LogP contribution >= 0.6 is 0 Å². The van der Waals surface area contributed by atoms with Crippen molar-refractivity contribution in [2.75, 3.05) is 12.4 Å². The molecule has 0 spiro atoms. The number of allylic oxidation sites excluding steroid dienone is 1. The van der Waals surface area contributed by atoms with E-state index in [4.69, 9.17) is 0 Å². The Hall–Kier alpha value is -0.350. The van der Waals surface area contributed by atoms with Gasteiger partial charge in [0.2, 0.25) is 0 Å². The van der Waals surface area contributed by atoms with Crippen molar-refractivity contribution in [3.63, 3.8) is 0 Å². The summed E-state index contributed by atoms with van der Waals surface area (Å²) in [5, 5.41) is 0. The number of rotatable bonds is 5. The fourth-order valence-corrected chi connectivity index (χ4v) is 1.12. The minimum absolute atomic E-state index is 0.0435. The summed E-state index contributed by atoms with van der Waals surface area (Å²) < 4.78 is 26.3. The van der Waals surface area contributed by atoms with Gasteiger partial charge in [0.25, 0.3) is 10.1 Å². The van der Waals surface area contributed by atoms with E-state index in [1.807, 2.05) is 19.9 Å². The van der Waals surface area contributed by atoms with Gasteiger partial charge >= 0.3 is 0 Å². The van der Waals surface area contributed by atoms with Crippen LogP contribution in [0.5, 0.6) is 0 Å².